The molecule has 2 aromatic carbocycles. The van der Waals surface area contributed by atoms with Gasteiger partial charge in [0.2, 0.25) is 0 Å². The fraction of sp³-hybridized carbons (Fsp3) is 0.294. The Kier molecular flexibility index (Phi) is 5.76. The fourth-order valence-electron chi connectivity index (χ4n) is 2.19. The molecule has 0 saturated heterocycles. The molecule has 0 saturated carbocycles. The second-order valence-corrected chi connectivity index (χ2v) is 5.67. The first-order valence-corrected chi connectivity index (χ1v) is 7.80. The van der Waals surface area contributed by atoms with Crippen LogP contribution >= 0.6 is 15.9 Å². The fourth-order valence-corrected chi connectivity index (χ4v) is 2.44. The molecular formula is C17H19BrFNO. The van der Waals surface area contributed by atoms with Crippen LogP contribution in [0.25, 0.3) is 0 Å². The smallest absolute Gasteiger partial charge is 0.137 e. The molecule has 0 spiro atoms. The van der Waals surface area contributed by atoms with Gasteiger partial charge in [-0.25, -0.2) is 4.39 Å². The summed E-state index contributed by atoms with van der Waals surface area (Å²) in [6.45, 7) is 2.79. The third kappa shape index (κ3) is 4.05. The number of hydrogen-bond acceptors (Lipinski definition) is 2. The number of rotatable bonds is 6. The van der Waals surface area contributed by atoms with Crippen molar-refractivity contribution in [3.05, 3.63) is 63.9 Å². The minimum Gasteiger partial charge on any atom is -0.494 e. The molecule has 2 aromatic rings. The third-order valence-electron chi connectivity index (χ3n) is 3.25. The van der Waals surface area contributed by atoms with E-state index in [0.29, 0.717) is 11.1 Å². The lowest BCUT2D eigenvalue weighted by Gasteiger charge is -2.18. The molecule has 4 heteroatoms. The molecule has 1 atom stereocenters. The van der Waals surface area contributed by atoms with Gasteiger partial charge in [-0.05, 0) is 64.8 Å². The first-order valence-electron chi connectivity index (χ1n) is 7.00. The zero-order chi connectivity index (χ0) is 15.2. The summed E-state index contributed by atoms with van der Waals surface area (Å²) in [6, 6.07) is 13.1. The van der Waals surface area contributed by atoms with E-state index >= 15 is 0 Å². The van der Waals surface area contributed by atoms with Crippen LogP contribution in [0.15, 0.2) is 46.9 Å². The van der Waals surface area contributed by atoms with Crippen molar-refractivity contribution in [2.75, 3.05) is 13.7 Å². The molecular weight excluding hydrogens is 333 g/mol. The van der Waals surface area contributed by atoms with Crippen molar-refractivity contribution in [1.29, 1.82) is 0 Å². The van der Waals surface area contributed by atoms with E-state index in [-0.39, 0.29) is 11.9 Å². The van der Waals surface area contributed by atoms with Crippen molar-refractivity contribution in [2.24, 2.45) is 0 Å². The topological polar surface area (TPSA) is 21.3 Å². The highest BCUT2D eigenvalue weighted by Crippen LogP contribution is 2.26. The van der Waals surface area contributed by atoms with E-state index in [9.17, 15) is 4.39 Å². The molecule has 2 nitrogen and oxygen atoms in total. The van der Waals surface area contributed by atoms with Crippen LogP contribution in [-0.2, 0) is 0 Å². The Morgan fingerprint density at radius 1 is 1.14 bits per heavy atom. The molecule has 0 aliphatic rings. The monoisotopic (exact) mass is 351 g/mol. The maximum Gasteiger partial charge on any atom is 0.137 e. The van der Waals surface area contributed by atoms with Crippen LogP contribution in [0, 0.1) is 5.82 Å². The molecule has 0 aromatic heterocycles. The summed E-state index contributed by atoms with van der Waals surface area (Å²) in [4.78, 5) is 0. The van der Waals surface area contributed by atoms with Crippen LogP contribution < -0.4 is 10.1 Å². The van der Waals surface area contributed by atoms with Crippen LogP contribution in [0.4, 0.5) is 4.39 Å². The second kappa shape index (κ2) is 7.57. The molecule has 0 heterocycles. The summed E-state index contributed by atoms with van der Waals surface area (Å²) < 4.78 is 19.8. The molecule has 2 rings (SSSR count). The first-order chi connectivity index (χ1) is 10.2. The maximum absolute atomic E-state index is 13.7. The molecule has 1 N–H and O–H groups in total. The van der Waals surface area contributed by atoms with Gasteiger partial charge in [-0.3, -0.25) is 0 Å². The lowest BCUT2D eigenvalue weighted by atomic mass is 9.99. The van der Waals surface area contributed by atoms with Crippen molar-refractivity contribution in [3.8, 4) is 5.75 Å². The zero-order valence-corrected chi connectivity index (χ0v) is 13.8. The van der Waals surface area contributed by atoms with Crippen molar-refractivity contribution in [2.45, 2.75) is 19.4 Å². The molecule has 21 heavy (non-hydrogen) atoms. The van der Waals surface area contributed by atoms with Crippen LogP contribution in [0.2, 0.25) is 0 Å². The Morgan fingerprint density at radius 2 is 1.81 bits per heavy atom. The zero-order valence-electron chi connectivity index (χ0n) is 12.2. The van der Waals surface area contributed by atoms with Crippen LogP contribution in [0.3, 0.4) is 0 Å². The van der Waals surface area contributed by atoms with Crippen LogP contribution in [0.1, 0.15) is 30.5 Å². The average Bonchev–Trinajstić information content (AvgIpc) is 2.50. The lowest BCUT2D eigenvalue weighted by molar-refractivity contribution is 0.317. The van der Waals surface area contributed by atoms with Gasteiger partial charge >= 0.3 is 0 Å². The number of hydrogen-bond donors (Lipinski definition) is 1. The van der Waals surface area contributed by atoms with Crippen LogP contribution in [0.5, 0.6) is 5.75 Å². The van der Waals surface area contributed by atoms with Crippen molar-refractivity contribution in [1.82, 2.24) is 5.32 Å². The highest BCUT2D eigenvalue weighted by molar-refractivity contribution is 9.10. The van der Waals surface area contributed by atoms with E-state index in [4.69, 9.17) is 4.74 Å². The van der Waals surface area contributed by atoms with E-state index in [1.54, 1.807) is 12.1 Å². The van der Waals surface area contributed by atoms with Gasteiger partial charge in [0.05, 0.1) is 17.1 Å². The van der Waals surface area contributed by atoms with E-state index in [0.717, 1.165) is 23.3 Å². The van der Waals surface area contributed by atoms with Crippen molar-refractivity contribution < 1.29 is 9.13 Å². The van der Waals surface area contributed by atoms with Crippen molar-refractivity contribution in [3.63, 3.8) is 0 Å². The predicted octanol–water partition coefficient (Wildman–Crippen LogP) is 4.69. The van der Waals surface area contributed by atoms with Gasteiger partial charge < -0.3 is 10.1 Å². The molecule has 0 radical (unpaired) electrons. The van der Waals surface area contributed by atoms with Gasteiger partial charge in [0.1, 0.15) is 11.6 Å². The Labute approximate surface area is 133 Å². The number of nitrogens with one attached hydrogen (secondary N) is 1. The van der Waals surface area contributed by atoms with Gasteiger partial charge in [0.15, 0.2) is 0 Å². The summed E-state index contributed by atoms with van der Waals surface area (Å²) in [7, 11) is 1.87. The summed E-state index contributed by atoms with van der Waals surface area (Å²) in [6.07, 6.45) is 0.985. The maximum atomic E-state index is 13.7. The normalized spacial score (nSPS) is 12.2. The Bertz CT molecular complexity index is 586. The highest BCUT2D eigenvalue weighted by Gasteiger charge is 2.13. The summed E-state index contributed by atoms with van der Waals surface area (Å²) in [5, 5.41) is 3.22. The molecule has 0 bridgehead atoms. The minimum atomic E-state index is -0.254. The van der Waals surface area contributed by atoms with Gasteiger partial charge in [-0.1, -0.05) is 25.1 Å². The summed E-state index contributed by atoms with van der Waals surface area (Å²) >= 11 is 3.18. The quantitative estimate of drug-likeness (QED) is 0.815. The Morgan fingerprint density at radius 3 is 2.38 bits per heavy atom. The van der Waals surface area contributed by atoms with Gasteiger partial charge in [0, 0.05) is 0 Å². The average molecular weight is 352 g/mol. The third-order valence-corrected chi connectivity index (χ3v) is 3.90. The van der Waals surface area contributed by atoms with Crippen LogP contribution in [-0.4, -0.2) is 13.7 Å². The highest BCUT2D eigenvalue weighted by atomic mass is 79.9. The summed E-state index contributed by atoms with van der Waals surface area (Å²) in [5.74, 6) is 0.605. The number of ether oxygens (including phenoxy) is 1. The molecule has 1 unspecified atom stereocenters. The predicted molar refractivity (Wildman–Crippen MR) is 87.2 cm³/mol. The molecule has 0 fully saturated rings. The first kappa shape index (κ1) is 16.0. The van der Waals surface area contributed by atoms with Crippen molar-refractivity contribution >= 4 is 15.9 Å². The minimum absolute atomic E-state index is 0.0483. The van der Waals surface area contributed by atoms with Gasteiger partial charge in [0.25, 0.3) is 0 Å². The van der Waals surface area contributed by atoms with E-state index < -0.39 is 0 Å². The molecule has 0 aliphatic carbocycles. The van der Waals surface area contributed by atoms with Gasteiger partial charge in [-0.2, -0.15) is 0 Å². The molecule has 0 aliphatic heterocycles. The van der Waals surface area contributed by atoms with E-state index in [1.165, 1.54) is 0 Å². The second-order valence-electron chi connectivity index (χ2n) is 4.81. The van der Waals surface area contributed by atoms with E-state index in [1.807, 2.05) is 37.4 Å². The molecule has 112 valence electrons. The van der Waals surface area contributed by atoms with E-state index in [2.05, 4.69) is 28.2 Å². The number of halogens is 2. The SMILES string of the molecule is CCCOc1ccc(C(NC)c2ccc(Br)c(F)c2)cc1. The van der Waals surface area contributed by atoms with Gasteiger partial charge in [-0.15, -0.1) is 0 Å². The largest absolute Gasteiger partial charge is 0.494 e. The standard InChI is InChI=1S/C17H19BrFNO/c1-3-10-21-14-7-4-12(5-8-14)17(20-2)13-6-9-15(18)16(19)11-13/h4-9,11,17,20H,3,10H2,1-2H3. The number of benzene rings is 2. The summed E-state index contributed by atoms with van der Waals surface area (Å²) in [5.41, 5.74) is 1.96. The Hall–Kier alpha value is -1.39. The lowest BCUT2D eigenvalue weighted by Crippen LogP contribution is -2.17. The molecule has 0 amide bonds. The Balaban J connectivity index is 2.22.